The van der Waals surface area contributed by atoms with E-state index >= 15 is 0 Å². The van der Waals surface area contributed by atoms with Crippen LogP contribution in [0.2, 0.25) is 0 Å². The monoisotopic (exact) mass is 284 g/mol. The number of nitrogens with one attached hydrogen (secondary N) is 1. The van der Waals surface area contributed by atoms with Gasteiger partial charge in [0.25, 0.3) is 5.56 Å². The van der Waals surface area contributed by atoms with E-state index in [0.29, 0.717) is 13.0 Å². The van der Waals surface area contributed by atoms with Gasteiger partial charge in [0.05, 0.1) is 0 Å². The molecule has 1 aromatic heterocycles. The minimum absolute atomic E-state index is 0.0281. The zero-order chi connectivity index (χ0) is 15.3. The molecule has 0 saturated carbocycles. The van der Waals surface area contributed by atoms with Crippen LogP contribution in [-0.2, 0) is 13.6 Å². The fourth-order valence-electron chi connectivity index (χ4n) is 2.10. The minimum atomic E-state index is -0.434. The second-order valence-corrected chi connectivity index (χ2v) is 4.82. The second-order valence-electron chi connectivity index (χ2n) is 4.82. The number of nitrogens with zero attached hydrogens (tertiary/aromatic N) is 2. The topological polar surface area (TPSA) is 102 Å². The zero-order valence-electron chi connectivity index (χ0n) is 12.3. The lowest BCUT2D eigenvalue weighted by Gasteiger charge is -2.20. The van der Waals surface area contributed by atoms with E-state index in [9.17, 15) is 9.59 Å². The highest BCUT2D eigenvalue weighted by molar-refractivity contribution is 5.61. The molecule has 0 amide bonds. The summed E-state index contributed by atoms with van der Waals surface area (Å²) in [6.07, 6.45) is 2.01. The molecule has 20 heavy (non-hydrogen) atoms. The van der Waals surface area contributed by atoms with Crippen LogP contribution in [-0.4, -0.2) is 26.9 Å². The summed E-state index contributed by atoms with van der Waals surface area (Å²) in [5.41, 5.74) is 5.36. The molecule has 114 valence electrons. The number of aliphatic hydroxyl groups excluding tert-OH is 1. The predicted molar refractivity (Wildman–Crippen MR) is 80.1 cm³/mol. The van der Waals surface area contributed by atoms with Crippen LogP contribution in [0.5, 0.6) is 0 Å². The van der Waals surface area contributed by atoms with Crippen LogP contribution in [0.15, 0.2) is 9.59 Å². The van der Waals surface area contributed by atoms with E-state index in [2.05, 4.69) is 5.32 Å². The first kappa shape index (κ1) is 16.3. The number of hydrogen-bond donors (Lipinski definition) is 3. The van der Waals surface area contributed by atoms with E-state index in [-0.39, 0.29) is 24.2 Å². The number of nitrogen functional groups attached to an aromatic ring is 1. The molecule has 1 atom stereocenters. The van der Waals surface area contributed by atoms with Crippen molar-refractivity contribution in [2.75, 3.05) is 17.7 Å². The van der Waals surface area contributed by atoms with Crippen LogP contribution in [0.3, 0.4) is 0 Å². The molecule has 0 saturated heterocycles. The molecule has 0 spiro atoms. The third-order valence-electron chi connectivity index (χ3n) is 3.35. The Morgan fingerprint density at radius 3 is 2.50 bits per heavy atom. The number of anilines is 2. The second kappa shape index (κ2) is 7.14. The molecule has 1 rings (SSSR count). The van der Waals surface area contributed by atoms with Gasteiger partial charge < -0.3 is 16.2 Å². The standard InChI is InChI=1S/C13H24N4O3/c1-4-7-17-11(14)10(12(19)16(3)13(17)20)15-9(5-2)6-8-18/h9,15,18H,4-8,14H2,1-3H3. The van der Waals surface area contributed by atoms with Crippen LogP contribution in [0.4, 0.5) is 11.5 Å². The van der Waals surface area contributed by atoms with Crippen LogP contribution in [0, 0.1) is 0 Å². The highest BCUT2D eigenvalue weighted by Gasteiger charge is 2.17. The number of aromatic nitrogens is 2. The Kier molecular flexibility index (Phi) is 5.82. The predicted octanol–water partition coefficient (Wildman–Crippen LogP) is 0.112. The van der Waals surface area contributed by atoms with Crippen molar-refractivity contribution in [3.8, 4) is 0 Å². The minimum Gasteiger partial charge on any atom is -0.396 e. The van der Waals surface area contributed by atoms with Crippen LogP contribution >= 0.6 is 0 Å². The zero-order valence-corrected chi connectivity index (χ0v) is 12.3. The Morgan fingerprint density at radius 1 is 1.35 bits per heavy atom. The average molecular weight is 284 g/mol. The summed E-state index contributed by atoms with van der Waals surface area (Å²) >= 11 is 0. The van der Waals surface area contributed by atoms with Crippen molar-refractivity contribution < 1.29 is 5.11 Å². The Morgan fingerprint density at radius 2 is 2.00 bits per heavy atom. The van der Waals surface area contributed by atoms with Crippen molar-refractivity contribution in [1.29, 1.82) is 0 Å². The normalized spacial score (nSPS) is 12.4. The van der Waals surface area contributed by atoms with Crippen molar-refractivity contribution >= 4 is 11.5 Å². The molecular formula is C13H24N4O3. The first-order valence-electron chi connectivity index (χ1n) is 6.94. The molecule has 1 heterocycles. The average Bonchev–Trinajstić information content (AvgIpc) is 2.44. The molecule has 0 aliphatic rings. The maximum atomic E-state index is 12.2. The van der Waals surface area contributed by atoms with Crippen LogP contribution in [0.1, 0.15) is 33.1 Å². The molecule has 7 heteroatoms. The fourth-order valence-corrected chi connectivity index (χ4v) is 2.10. The van der Waals surface area contributed by atoms with Gasteiger partial charge in [0.2, 0.25) is 0 Å². The van der Waals surface area contributed by atoms with Gasteiger partial charge in [-0.3, -0.25) is 13.9 Å². The van der Waals surface area contributed by atoms with Gasteiger partial charge in [-0.05, 0) is 19.3 Å². The van der Waals surface area contributed by atoms with Crippen molar-refractivity contribution in [3.63, 3.8) is 0 Å². The molecule has 7 nitrogen and oxygen atoms in total. The summed E-state index contributed by atoms with van der Waals surface area (Å²) < 4.78 is 2.45. The molecule has 0 bridgehead atoms. The summed E-state index contributed by atoms with van der Waals surface area (Å²) in [7, 11) is 1.44. The molecule has 4 N–H and O–H groups in total. The molecule has 1 unspecified atom stereocenters. The van der Waals surface area contributed by atoms with Gasteiger partial charge in [0, 0.05) is 26.2 Å². The quantitative estimate of drug-likeness (QED) is 0.659. The number of aliphatic hydroxyl groups is 1. The number of hydrogen-bond acceptors (Lipinski definition) is 5. The lowest BCUT2D eigenvalue weighted by Crippen LogP contribution is -2.41. The maximum Gasteiger partial charge on any atom is 0.332 e. The van der Waals surface area contributed by atoms with Gasteiger partial charge in [-0.25, -0.2) is 4.79 Å². The number of nitrogens with two attached hydrogens (primary N) is 1. The van der Waals surface area contributed by atoms with Crippen molar-refractivity contribution in [2.24, 2.45) is 7.05 Å². The van der Waals surface area contributed by atoms with Crippen molar-refractivity contribution in [3.05, 3.63) is 20.8 Å². The lowest BCUT2D eigenvalue weighted by atomic mass is 10.1. The van der Waals surface area contributed by atoms with Gasteiger partial charge in [-0.2, -0.15) is 0 Å². The van der Waals surface area contributed by atoms with Gasteiger partial charge in [0.15, 0.2) is 0 Å². The van der Waals surface area contributed by atoms with Crippen LogP contribution < -0.4 is 22.3 Å². The van der Waals surface area contributed by atoms with Gasteiger partial charge in [-0.1, -0.05) is 13.8 Å². The Bertz CT molecular complexity index is 562. The number of rotatable bonds is 7. The van der Waals surface area contributed by atoms with E-state index < -0.39 is 11.2 Å². The smallest absolute Gasteiger partial charge is 0.332 e. The highest BCUT2D eigenvalue weighted by atomic mass is 16.3. The summed E-state index contributed by atoms with van der Waals surface area (Å²) in [5, 5.41) is 12.1. The summed E-state index contributed by atoms with van der Waals surface area (Å²) in [6, 6.07) is -0.0532. The molecular weight excluding hydrogens is 260 g/mol. The van der Waals surface area contributed by atoms with Crippen LogP contribution in [0.25, 0.3) is 0 Å². The fraction of sp³-hybridized carbons (Fsp3) is 0.692. The Balaban J connectivity index is 3.32. The van der Waals surface area contributed by atoms with Gasteiger partial charge >= 0.3 is 5.69 Å². The van der Waals surface area contributed by atoms with Gasteiger partial charge in [0.1, 0.15) is 11.5 Å². The first-order chi connectivity index (χ1) is 9.47. The third-order valence-corrected chi connectivity index (χ3v) is 3.35. The first-order valence-corrected chi connectivity index (χ1v) is 6.94. The molecule has 0 aliphatic carbocycles. The van der Waals surface area contributed by atoms with E-state index in [4.69, 9.17) is 10.8 Å². The lowest BCUT2D eigenvalue weighted by molar-refractivity contribution is 0.278. The highest BCUT2D eigenvalue weighted by Crippen LogP contribution is 2.14. The van der Waals surface area contributed by atoms with E-state index in [0.717, 1.165) is 17.4 Å². The summed E-state index contributed by atoms with van der Waals surface area (Å²) in [5.74, 6) is 0.163. The Hall–Kier alpha value is -1.76. The van der Waals surface area contributed by atoms with E-state index in [1.165, 1.54) is 11.6 Å². The molecule has 1 aromatic rings. The molecule has 0 aromatic carbocycles. The van der Waals surface area contributed by atoms with Crippen molar-refractivity contribution in [1.82, 2.24) is 9.13 Å². The van der Waals surface area contributed by atoms with Gasteiger partial charge in [-0.15, -0.1) is 0 Å². The Labute approximate surface area is 118 Å². The van der Waals surface area contributed by atoms with E-state index in [1.807, 2.05) is 13.8 Å². The van der Waals surface area contributed by atoms with Crippen molar-refractivity contribution in [2.45, 2.75) is 45.7 Å². The molecule has 0 aliphatic heterocycles. The SMILES string of the molecule is CCCn1c(N)c(NC(CC)CCO)c(=O)n(C)c1=O. The molecule has 0 radical (unpaired) electrons. The maximum absolute atomic E-state index is 12.2. The van der Waals surface area contributed by atoms with E-state index in [1.54, 1.807) is 0 Å². The largest absolute Gasteiger partial charge is 0.396 e. The third kappa shape index (κ3) is 3.22. The molecule has 0 fully saturated rings. The summed E-state index contributed by atoms with van der Waals surface area (Å²) in [6.45, 7) is 4.38. The summed E-state index contributed by atoms with van der Waals surface area (Å²) in [4.78, 5) is 24.2.